The van der Waals surface area contributed by atoms with Crippen LogP contribution in [0.5, 0.6) is 0 Å². The first kappa shape index (κ1) is 15.6. The van der Waals surface area contributed by atoms with Crippen LogP contribution >= 0.6 is 0 Å². The van der Waals surface area contributed by atoms with Crippen molar-refractivity contribution in [2.75, 3.05) is 0 Å². The Balaban J connectivity index is 1.95. The van der Waals surface area contributed by atoms with Crippen molar-refractivity contribution in [2.24, 2.45) is 0 Å². The largest absolute Gasteiger partial charge is 0.478 e. The minimum absolute atomic E-state index is 0.00685. The number of nitrogens with zero attached hydrogens (tertiary/aromatic N) is 1. The summed E-state index contributed by atoms with van der Waals surface area (Å²) in [5.41, 5.74) is 2.29. The molecule has 0 saturated carbocycles. The van der Waals surface area contributed by atoms with E-state index in [0.717, 1.165) is 23.1 Å². The van der Waals surface area contributed by atoms with E-state index in [4.69, 9.17) is 0 Å². The number of benzene rings is 1. The van der Waals surface area contributed by atoms with Gasteiger partial charge in [0.1, 0.15) is 0 Å². The maximum absolute atomic E-state index is 12.6. The summed E-state index contributed by atoms with van der Waals surface area (Å²) in [4.78, 5) is 15.3. The number of rotatable bonds is 5. The van der Waals surface area contributed by atoms with E-state index in [9.17, 15) is 18.3 Å². The average Bonchev–Trinajstić information content (AvgIpc) is 3.01. The van der Waals surface area contributed by atoms with Crippen molar-refractivity contribution in [1.82, 2.24) is 9.71 Å². The first-order valence-corrected chi connectivity index (χ1v) is 8.73. The fourth-order valence-corrected chi connectivity index (χ4v) is 4.14. The molecule has 2 aromatic rings. The van der Waals surface area contributed by atoms with Crippen molar-refractivity contribution in [2.45, 2.75) is 30.7 Å². The zero-order chi connectivity index (χ0) is 16.4. The van der Waals surface area contributed by atoms with Gasteiger partial charge in [0, 0.05) is 18.9 Å². The Hall–Kier alpha value is -2.25. The van der Waals surface area contributed by atoms with Crippen LogP contribution in [-0.4, -0.2) is 24.5 Å². The summed E-state index contributed by atoms with van der Waals surface area (Å²) in [6.45, 7) is 0.113. The Bertz CT molecular complexity index is 848. The Morgan fingerprint density at radius 3 is 2.83 bits per heavy atom. The fraction of sp³-hybridized carbons (Fsp3) is 0.250. The lowest BCUT2D eigenvalue weighted by atomic mass is 10.1. The number of aromatic carboxylic acids is 1. The number of hydrogen-bond acceptors (Lipinski definition) is 4. The summed E-state index contributed by atoms with van der Waals surface area (Å²) in [6.07, 6.45) is 5.39. The zero-order valence-electron chi connectivity index (χ0n) is 12.3. The topological polar surface area (TPSA) is 96.4 Å². The van der Waals surface area contributed by atoms with Crippen LogP contribution in [0.1, 0.15) is 33.5 Å². The molecular formula is C16H16N2O4S. The van der Waals surface area contributed by atoms with Gasteiger partial charge >= 0.3 is 5.97 Å². The molecule has 1 heterocycles. The molecule has 120 valence electrons. The number of fused-ring (bicyclic) bond motifs is 1. The van der Waals surface area contributed by atoms with E-state index in [1.54, 1.807) is 30.6 Å². The van der Waals surface area contributed by atoms with Crippen molar-refractivity contribution in [3.05, 3.63) is 58.9 Å². The summed E-state index contributed by atoms with van der Waals surface area (Å²) < 4.78 is 27.8. The molecule has 0 atom stereocenters. The molecule has 0 bridgehead atoms. The lowest BCUT2D eigenvalue weighted by Crippen LogP contribution is -2.25. The lowest BCUT2D eigenvalue weighted by Gasteiger charge is -2.12. The predicted octanol–water partition coefficient (Wildman–Crippen LogP) is 1.75. The number of carbonyl (C=O) groups is 1. The van der Waals surface area contributed by atoms with Crippen molar-refractivity contribution in [3.8, 4) is 0 Å². The fourth-order valence-electron chi connectivity index (χ4n) is 2.79. The SMILES string of the molecule is O=C(O)c1cc2c(c(S(=O)(=O)NCc3cccnc3)c1)CCC2. The van der Waals surface area contributed by atoms with E-state index in [1.165, 1.54) is 6.07 Å². The summed E-state index contributed by atoms with van der Waals surface area (Å²) in [5, 5.41) is 9.19. The Kier molecular flexibility index (Phi) is 4.14. The number of nitrogens with one attached hydrogen (secondary N) is 1. The van der Waals surface area contributed by atoms with Gasteiger partial charge in [0.15, 0.2) is 0 Å². The molecule has 2 N–H and O–H groups in total. The maximum atomic E-state index is 12.6. The first-order chi connectivity index (χ1) is 11.0. The molecule has 0 aliphatic heterocycles. The normalized spacial score (nSPS) is 13.7. The minimum Gasteiger partial charge on any atom is -0.478 e. The second-order valence-corrected chi connectivity index (χ2v) is 7.19. The molecule has 7 heteroatoms. The second-order valence-electron chi connectivity index (χ2n) is 5.46. The van der Waals surface area contributed by atoms with Crippen molar-refractivity contribution < 1.29 is 18.3 Å². The van der Waals surface area contributed by atoms with Crippen LogP contribution in [0, 0.1) is 0 Å². The zero-order valence-corrected chi connectivity index (χ0v) is 13.1. The molecule has 6 nitrogen and oxygen atoms in total. The van der Waals surface area contributed by atoms with Crippen LogP contribution in [0.3, 0.4) is 0 Å². The summed E-state index contributed by atoms with van der Waals surface area (Å²) in [7, 11) is -3.78. The summed E-state index contributed by atoms with van der Waals surface area (Å²) in [5.74, 6) is -1.12. The summed E-state index contributed by atoms with van der Waals surface area (Å²) >= 11 is 0. The van der Waals surface area contributed by atoms with Crippen LogP contribution in [0.2, 0.25) is 0 Å². The van der Waals surface area contributed by atoms with E-state index in [2.05, 4.69) is 9.71 Å². The van der Waals surface area contributed by atoms with E-state index in [-0.39, 0.29) is 17.0 Å². The van der Waals surface area contributed by atoms with Crippen LogP contribution < -0.4 is 4.72 Å². The van der Waals surface area contributed by atoms with Crippen LogP contribution in [0.25, 0.3) is 0 Å². The van der Waals surface area contributed by atoms with Gasteiger partial charge in [-0.05, 0) is 54.2 Å². The molecule has 3 rings (SSSR count). The Labute approximate surface area is 134 Å². The number of hydrogen-bond donors (Lipinski definition) is 2. The monoisotopic (exact) mass is 332 g/mol. The molecule has 0 amide bonds. The highest BCUT2D eigenvalue weighted by Gasteiger charge is 2.26. The molecule has 23 heavy (non-hydrogen) atoms. The van der Waals surface area contributed by atoms with Crippen molar-refractivity contribution in [1.29, 1.82) is 0 Å². The van der Waals surface area contributed by atoms with E-state index >= 15 is 0 Å². The lowest BCUT2D eigenvalue weighted by molar-refractivity contribution is 0.0696. The number of carboxylic acids is 1. The number of aromatic nitrogens is 1. The van der Waals surface area contributed by atoms with E-state index in [1.807, 2.05) is 0 Å². The molecule has 1 aliphatic rings. The van der Waals surface area contributed by atoms with Crippen LogP contribution in [0.15, 0.2) is 41.6 Å². The van der Waals surface area contributed by atoms with Crippen molar-refractivity contribution >= 4 is 16.0 Å². The third-order valence-electron chi connectivity index (χ3n) is 3.90. The molecule has 0 radical (unpaired) electrons. The number of aryl methyl sites for hydroxylation is 1. The molecular weight excluding hydrogens is 316 g/mol. The van der Waals surface area contributed by atoms with Gasteiger partial charge in [-0.15, -0.1) is 0 Å². The Morgan fingerprint density at radius 1 is 1.30 bits per heavy atom. The maximum Gasteiger partial charge on any atom is 0.335 e. The molecule has 0 spiro atoms. The van der Waals surface area contributed by atoms with Gasteiger partial charge in [-0.3, -0.25) is 4.98 Å². The molecule has 1 aromatic carbocycles. The van der Waals surface area contributed by atoms with Gasteiger partial charge in [-0.2, -0.15) is 0 Å². The van der Waals surface area contributed by atoms with Gasteiger partial charge in [-0.25, -0.2) is 17.9 Å². The van der Waals surface area contributed by atoms with Gasteiger partial charge in [0.2, 0.25) is 10.0 Å². The highest BCUT2D eigenvalue weighted by molar-refractivity contribution is 7.89. The quantitative estimate of drug-likeness (QED) is 0.869. The van der Waals surface area contributed by atoms with Crippen LogP contribution in [0.4, 0.5) is 0 Å². The molecule has 1 aromatic heterocycles. The standard InChI is InChI=1S/C16H16N2O4S/c19-16(20)13-7-12-4-1-5-14(12)15(8-13)23(21,22)18-10-11-3-2-6-17-9-11/h2-3,6-9,18H,1,4-5,10H2,(H,19,20). The van der Waals surface area contributed by atoms with E-state index < -0.39 is 16.0 Å². The predicted molar refractivity (Wildman–Crippen MR) is 83.7 cm³/mol. The van der Waals surface area contributed by atoms with Gasteiger partial charge < -0.3 is 5.11 Å². The number of carboxylic acid groups (broad SMARTS) is 1. The van der Waals surface area contributed by atoms with Gasteiger partial charge in [-0.1, -0.05) is 6.07 Å². The smallest absolute Gasteiger partial charge is 0.335 e. The van der Waals surface area contributed by atoms with Crippen molar-refractivity contribution in [3.63, 3.8) is 0 Å². The third-order valence-corrected chi connectivity index (χ3v) is 5.37. The molecule has 0 saturated heterocycles. The number of pyridine rings is 1. The summed E-state index contributed by atoms with van der Waals surface area (Å²) in [6, 6.07) is 6.32. The minimum atomic E-state index is -3.78. The Morgan fingerprint density at radius 2 is 2.13 bits per heavy atom. The highest BCUT2D eigenvalue weighted by atomic mass is 32.2. The van der Waals surface area contributed by atoms with Gasteiger partial charge in [0.25, 0.3) is 0 Å². The van der Waals surface area contributed by atoms with Crippen LogP contribution in [-0.2, 0) is 29.4 Å². The molecule has 0 unspecified atom stereocenters. The van der Waals surface area contributed by atoms with Gasteiger partial charge in [0.05, 0.1) is 10.5 Å². The molecule has 0 fully saturated rings. The molecule has 1 aliphatic carbocycles. The first-order valence-electron chi connectivity index (χ1n) is 7.25. The highest BCUT2D eigenvalue weighted by Crippen LogP contribution is 2.30. The second kappa shape index (κ2) is 6.10. The van der Waals surface area contributed by atoms with E-state index in [0.29, 0.717) is 12.8 Å². The average molecular weight is 332 g/mol. The number of sulfonamides is 1. The third kappa shape index (κ3) is 3.25.